The highest BCUT2D eigenvalue weighted by Gasteiger charge is 2.27. The zero-order valence-corrected chi connectivity index (χ0v) is 16.6. The maximum Gasteiger partial charge on any atom is 0.329 e. The molecular formula is C22H25FN2O4. The minimum Gasteiger partial charge on any atom is -0.454 e. The van der Waals surface area contributed by atoms with Crippen molar-refractivity contribution in [2.75, 3.05) is 6.61 Å². The molecule has 2 rings (SSSR count). The lowest BCUT2D eigenvalue weighted by Gasteiger charge is -2.21. The number of halogens is 1. The fourth-order valence-corrected chi connectivity index (χ4v) is 2.70. The van der Waals surface area contributed by atoms with Gasteiger partial charge in [0.05, 0.1) is 11.6 Å². The summed E-state index contributed by atoms with van der Waals surface area (Å²) in [6, 6.07) is 13.6. The zero-order valence-electron chi connectivity index (χ0n) is 16.6. The molecule has 2 atom stereocenters. The Balaban J connectivity index is 1.91. The number of rotatable bonds is 8. The van der Waals surface area contributed by atoms with Crippen molar-refractivity contribution in [3.8, 4) is 0 Å². The molecule has 0 saturated heterocycles. The minimum absolute atomic E-state index is 0.166. The molecule has 2 amide bonds. The second-order valence-electron chi connectivity index (χ2n) is 6.98. The molecule has 0 saturated carbocycles. The number of carbonyl (C=O) groups excluding carboxylic acids is 3. The number of amides is 2. The number of ether oxygens (including phenoxy) is 1. The molecule has 2 aromatic rings. The van der Waals surface area contributed by atoms with Gasteiger partial charge in [0.15, 0.2) is 6.61 Å². The Labute approximate surface area is 169 Å². The van der Waals surface area contributed by atoms with Gasteiger partial charge in [0.2, 0.25) is 0 Å². The van der Waals surface area contributed by atoms with Gasteiger partial charge >= 0.3 is 5.97 Å². The molecule has 0 unspecified atom stereocenters. The molecule has 0 radical (unpaired) electrons. The van der Waals surface area contributed by atoms with Gasteiger partial charge in [0.1, 0.15) is 11.9 Å². The molecule has 0 spiro atoms. The molecule has 2 N–H and O–H groups in total. The lowest BCUT2D eigenvalue weighted by atomic mass is 10.0. The molecular weight excluding hydrogens is 375 g/mol. The van der Waals surface area contributed by atoms with Crippen LogP contribution in [0.3, 0.4) is 0 Å². The highest BCUT2D eigenvalue weighted by molar-refractivity contribution is 5.97. The second-order valence-corrected chi connectivity index (χ2v) is 6.98. The number of hydrogen-bond donors (Lipinski definition) is 2. The quantitative estimate of drug-likeness (QED) is 0.667. The summed E-state index contributed by atoms with van der Waals surface area (Å²) < 4.78 is 18.8. The summed E-state index contributed by atoms with van der Waals surface area (Å²) in [6.45, 7) is 4.77. The molecule has 0 bridgehead atoms. The predicted octanol–water partition coefficient (Wildman–Crippen LogP) is 3.00. The van der Waals surface area contributed by atoms with E-state index in [0.717, 1.165) is 11.6 Å². The number of hydrogen-bond acceptors (Lipinski definition) is 4. The zero-order chi connectivity index (χ0) is 21.4. The van der Waals surface area contributed by atoms with E-state index in [0.29, 0.717) is 0 Å². The average Bonchev–Trinajstić information content (AvgIpc) is 2.70. The van der Waals surface area contributed by atoms with Crippen LogP contribution in [0.4, 0.5) is 4.39 Å². The number of benzene rings is 2. The van der Waals surface area contributed by atoms with E-state index in [2.05, 4.69) is 10.6 Å². The van der Waals surface area contributed by atoms with Crippen LogP contribution in [0.5, 0.6) is 0 Å². The second kappa shape index (κ2) is 10.4. The summed E-state index contributed by atoms with van der Waals surface area (Å²) in [5.74, 6) is -2.94. The molecule has 7 heteroatoms. The Hall–Kier alpha value is -3.22. The van der Waals surface area contributed by atoms with Crippen LogP contribution in [0.2, 0.25) is 0 Å². The predicted molar refractivity (Wildman–Crippen MR) is 106 cm³/mol. The maximum atomic E-state index is 13.8. The van der Waals surface area contributed by atoms with E-state index in [4.69, 9.17) is 4.74 Å². The molecule has 0 aliphatic carbocycles. The summed E-state index contributed by atoms with van der Waals surface area (Å²) in [6.07, 6.45) is 0. The van der Waals surface area contributed by atoms with Crippen molar-refractivity contribution in [3.05, 3.63) is 71.5 Å². The van der Waals surface area contributed by atoms with Crippen LogP contribution in [0.25, 0.3) is 0 Å². The number of esters is 1. The molecule has 0 heterocycles. The van der Waals surface area contributed by atoms with Crippen LogP contribution in [-0.2, 0) is 14.3 Å². The third-order valence-corrected chi connectivity index (χ3v) is 4.35. The fourth-order valence-electron chi connectivity index (χ4n) is 2.70. The topological polar surface area (TPSA) is 84.5 Å². The van der Waals surface area contributed by atoms with Crippen molar-refractivity contribution < 1.29 is 23.5 Å². The summed E-state index contributed by atoms with van der Waals surface area (Å²) in [4.78, 5) is 36.8. The van der Waals surface area contributed by atoms with E-state index in [1.165, 1.54) is 18.2 Å². The van der Waals surface area contributed by atoms with Crippen molar-refractivity contribution in [1.29, 1.82) is 0 Å². The molecule has 0 aliphatic rings. The third kappa shape index (κ3) is 6.41. The maximum absolute atomic E-state index is 13.8. The summed E-state index contributed by atoms with van der Waals surface area (Å²) in [7, 11) is 0. The number of nitrogens with one attached hydrogen (secondary N) is 2. The van der Waals surface area contributed by atoms with Gasteiger partial charge < -0.3 is 15.4 Å². The molecule has 0 fully saturated rings. The van der Waals surface area contributed by atoms with Crippen molar-refractivity contribution in [2.45, 2.75) is 32.9 Å². The van der Waals surface area contributed by atoms with E-state index in [1.807, 2.05) is 37.3 Å². The van der Waals surface area contributed by atoms with Crippen molar-refractivity contribution in [1.82, 2.24) is 10.6 Å². The Bertz CT molecular complexity index is 855. The molecule has 154 valence electrons. The van der Waals surface area contributed by atoms with Crippen LogP contribution in [-0.4, -0.2) is 30.4 Å². The number of carbonyl (C=O) groups is 3. The Morgan fingerprint density at radius 2 is 1.55 bits per heavy atom. The lowest BCUT2D eigenvalue weighted by Crippen LogP contribution is -2.46. The van der Waals surface area contributed by atoms with E-state index in [1.54, 1.807) is 13.8 Å². The molecule has 0 aliphatic heterocycles. The molecule has 6 nitrogen and oxygen atoms in total. The van der Waals surface area contributed by atoms with Gasteiger partial charge in [-0.2, -0.15) is 0 Å². The highest BCUT2D eigenvalue weighted by atomic mass is 19.1. The summed E-state index contributed by atoms with van der Waals surface area (Å²) in [5.41, 5.74) is 0.754. The highest BCUT2D eigenvalue weighted by Crippen LogP contribution is 2.12. The lowest BCUT2D eigenvalue weighted by molar-refractivity contribution is -0.151. The van der Waals surface area contributed by atoms with Gasteiger partial charge in [-0.25, -0.2) is 9.18 Å². The Morgan fingerprint density at radius 3 is 2.17 bits per heavy atom. The van der Waals surface area contributed by atoms with Gasteiger partial charge in [0, 0.05) is 0 Å². The molecule has 2 aromatic carbocycles. The fraction of sp³-hybridized carbons (Fsp3) is 0.318. The first-order valence-electron chi connectivity index (χ1n) is 9.36. The van der Waals surface area contributed by atoms with Crippen LogP contribution in [0, 0.1) is 11.7 Å². The Kier molecular flexibility index (Phi) is 7.88. The van der Waals surface area contributed by atoms with Crippen LogP contribution in [0.15, 0.2) is 54.6 Å². The standard InChI is InChI=1S/C22H25FN2O4/c1-14(2)20(25-21(27)17-11-7-8-12-18(17)23)22(28)29-13-19(26)24-15(3)16-9-5-4-6-10-16/h4-12,14-15,20H,13H2,1-3H3,(H,24,26)(H,25,27)/t15-,20-/m0/s1. The minimum atomic E-state index is -1.01. The van der Waals surface area contributed by atoms with E-state index in [-0.39, 0.29) is 17.5 Å². The first-order valence-corrected chi connectivity index (χ1v) is 9.36. The average molecular weight is 400 g/mol. The van der Waals surface area contributed by atoms with E-state index in [9.17, 15) is 18.8 Å². The van der Waals surface area contributed by atoms with Crippen molar-refractivity contribution in [3.63, 3.8) is 0 Å². The molecule has 29 heavy (non-hydrogen) atoms. The van der Waals surface area contributed by atoms with E-state index >= 15 is 0 Å². The largest absolute Gasteiger partial charge is 0.454 e. The first kappa shape index (κ1) is 22.1. The normalized spacial score (nSPS) is 12.7. The SMILES string of the molecule is CC(C)[C@H](NC(=O)c1ccccc1F)C(=O)OCC(=O)N[C@@H](C)c1ccccc1. The van der Waals surface area contributed by atoms with Crippen LogP contribution < -0.4 is 10.6 Å². The summed E-state index contributed by atoms with van der Waals surface area (Å²) >= 11 is 0. The van der Waals surface area contributed by atoms with Crippen molar-refractivity contribution in [2.24, 2.45) is 5.92 Å². The van der Waals surface area contributed by atoms with E-state index < -0.39 is 36.2 Å². The van der Waals surface area contributed by atoms with Gasteiger partial charge in [-0.1, -0.05) is 56.3 Å². The van der Waals surface area contributed by atoms with Gasteiger partial charge in [0.25, 0.3) is 11.8 Å². The van der Waals surface area contributed by atoms with Crippen LogP contribution in [0.1, 0.15) is 42.7 Å². The van der Waals surface area contributed by atoms with Crippen LogP contribution >= 0.6 is 0 Å². The monoisotopic (exact) mass is 400 g/mol. The van der Waals surface area contributed by atoms with Gasteiger partial charge in [-0.05, 0) is 30.5 Å². The smallest absolute Gasteiger partial charge is 0.329 e. The first-order chi connectivity index (χ1) is 13.8. The van der Waals surface area contributed by atoms with Gasteiger partial charge in [-0.15, -0.1) is 0 Å². The Morgan fingerprint density at radius 1 is 0.931 bits per heavy atom. The molecule has 0 aromatic heterocycles. The van der Waals surface area contributed by atoms with Gasteiger partial charge in [-0.3, -0.25) is 9.59 Å². The van der Waals surface area contributed by atoms with Crippen molar-refractivity contribution >= 4 is 17.8 Å². The summed E-state index contributed by atoms with van der Waals surface area (Å²) in [5, 5.41) is 5.22. The third-order valence-electron chi connectivity index (χ3n) is 4.35.